The van der Waals surface area contributed by atoms with E-state index in [-0.39, 0.29) is 36.5 Å². The van der Waals surface area contributed by atoms with Crippen molar-refractivity contribution in [3.63, 3.8) is 0 Å². The summed E-state index contributed by atoms with van der Waals surface area (Å²) in [5, 5.41) is 2.63. The van der Waals surface area contributed by atoms with Gasteiger partial charge in [0, 0.05) is 38.0 Å². The molecule has 0 aliphatic carbocycles. The van der Waals surface area contributed by atoms with Crippen LogP contribution in [0.2, 0.25) is 0 Å². The first-order valence-corrected chi connectivity index (χ1v) is 9.90. The van der Waals surface area contributed by atoms with Crippen molar-refractivity contribution in [2.75, 3.05) is 32.7 Å². The molecule has 6 nitrogen and oxygen atoms in total. The van der Waals surface area contributed by atoms with Crippen LogP contribution in [0.15, 0.2) is 29.6 Å². The van der Waals surface area contributed by atoms with Crippen LogP contribution in [0, 0.1) is 5.82 Å². The third-order valence-corrected chi connectivity index (χ3v) is 5.42. The predicted molar refractivity (Wildman–Crippen MR) is 109 cm³/mol. The number of thiazole rings is 1. The summed E-state index contributed by atoms with van der Waals surface area (Å²) in [6, 6.07) is 6.09. The fraction of sp³-hybridized carbons (Fsp3) is 0.421. The highest BCUT2D eigenvalue weighted by atomic mass is 35.5. The van der Waals surface area contributed by atoms with Crippen LogP contribution in [0.5, 0.6) is 0 Å². The van der Waals surface area contributed by atoms with Gasteiger partial charge >= 0.3 is 0 Å². The second-order valence-electron chi connectivity index (χ2n) is 6.50. The Morgan fingerprint density at radius 3 is 2.68 bits per heavy atom. The van der Waals surface area contributed by atoms with Gasteiger partial charge in [0.25, 0.3) is 5.91 Å². The maximum absolute atomic E-state index is 13.3. The summed E-state index contributed by atoms with van der Waals surface area (Å²) >= 11 is 1.45. The number of carbonyl (C=O) groups excluding carboxylic acids is 2. The van der Waals surface area contributed by atoms with E-state index >= 15 is 0 Å². The third-order valence-electron chi connectivity index (χ3n) is 4.51. The van der Waals surface area contributed by atoms with Gasteiger partial charge in [-0.25, -0.2) is 9.37 Å². The van der Waals surface area contributed by atoms with Gasteiger partial charge in [-0.2, -0.15) is 0 Å². The van der Waals surface area contributed by atoms with Crippen LogP contribution >= 0.6 is 23.7 Å². The molecule has 1 fully saturated rings. The molecule has 0 radical (unpaired) electrons. The molecule has 28 heavy (non-hydrogen) atoms. The minimum Gasteiger partial charge on any atom is -0.341 e. The van der Waals surface area contributed by atoms with Crippen molar-refractivity contribution in [3.05, 3.63) is 51.7 Å². The average molecular weight is 427 g/mol. The zero-order valence-corrected chi connectivity index (χ0v) is 17.1. The molecule has 9 heteroatoms. The minimum absolute atomic E-state index is 0. The molecule has 152 valence electrons. The number of aromatic nitrogens is 1. The second kappa shape index (κ2) is 10.5. The molecule has 1 aromatic carbocycles. The largest absolute Gasteiger partial charge is 0.341 e. The molecule has 0 bridgehead atoms. The number of amides is 2. The third kappa shape index (κ3) is 5.73. The molecule has 0 unspecified atom stereocenters. The van der Waals surface area contributed by atoms with Crippen LogP contribution in [0.3, 0.4) is 0 Å². The number of hydrogen-bond acceptors (Lipinski definition) is 5. The highest BCUT2D eigenvalue weighted by Gasteiger charge is 2.24. The quantitative estimate of drug-likeness (QED) is 0.794. The van der Waals surface area contributed by atoms with Gasteiger partial charge in [-0.15, -0.1) is 23.7 Å². The lowest BCUT2D eigenvalue weighted by Crippen LogP contribution is -2.38. The van der Waals surface area contributed by atoms with Crippen LogP contribution in [0.25, 0.3) is 0 Å². The van der Waals surface area contributed by atoms with Crippen LogP contribution in [0.1, 0.15) is 27.5 Å². The summed E-state index contributed by atoms with van der Waals surface area (Å²) in [6.45, 7) is 2.63. The molecule has 2 amide bonds. The second-order valence-corrected chi connectivity index (χ2v) is 7.44. The smallest absolute Gasteiger partial charge is 0.273 e. The van der Waals surface area contributed by atoms with Gasteiger partial charge in [0.15, 0.2) is 0 Å². The van der Waals surface area contributed by atoms with Crippen LogP contribution < -0.4 is 5.73 Å². The normalized spacial score (nSPS) is 14.4. The zero-order chi connectivity index (χ0) is 19.2. The van der Waals surface area contributed by atoms with Gasteiger partial charge in [-0.3, -0.25) is 9.59 Å². The summed E-state index contributed by atoms with van der Waals surface area (Å²) in [6.07, 6.45) is 1.54. The highest BCUT2D eigenvalue weighted by molar-refractivity contribution is 7.09. The van der Waals surface area contributed by atoms with Crippen LogP contribution in [-0.2, 0) is 17.6 Å². The van der Waals surface area contributed by atoms with Gasteiger partial charge < -0.3 is 15.5 Å². The lowest BCUT2D eigenvalue weighted by atomic mass is 10.1. The summed E-state index contributed by atoms with van der Waals surface area (Å²) in [4.78, 5) is 33.1. The van der Waals surface area contributed by atoms with Crippen molar-refractivity contribution >= 4 is 35.6 Å². The van der Waals surface area contributed by atoms with Gasteiger partial charge in [-0.1, -0.05) is 12.1 Å². The maximum atomic E-state index is 13.3. The van der Waals surface area contributed by atoms with E-state index in [4.69, 9.17) is 5.73 Å². The first kappa shape index (κ1) is 22.3. The van der Waals surface area contributed by atoms with Crippen molar-refractivity contribution in [2.24, 2.45) is 5.73 Å². The standard InChI is InChI=1S/C19H23FN4O2S.ClH/c20-15-4-1-3-14(11-15)12-18(25)23-7-2-8-24(10-9-23)19(26)16-13-27-17(22-16)5-6-21;/h1,3-4,11,13H,2,5-10,12,21H2;1H. The Hall–Kier alpha value is -2.03. The topological polar surface area (TPSA) is 79.5 Å². The highest BCUT2D eigenvalue weighted by Crippen LogP contribution is 2.15. The number of rotatable bonds is 5. The molecule has 1 aromatic heterocycles. The van der Waals surface area contributed by atoms with Crippen molar-refractivity contribution < 1.29 is 14.0 Å². The molecule has 2 N–H and O–H groups in total. The number of hydrogen-bond donors (Lipinski definition) is 1. The first-order valence-electron chi connectivity index (χ1n) is 9.03. The molecule has 1 aliphatic rings. The number of carbonyl (C=O) groups is 2. The van der Waals surface area contributed by atoms with E-state index < -0.39 is 0 Å². The molecule has 1 aliphatic heterocycles. The Kier molecular flexibility index (Phi) is 8.35. The van der Waals surface area contributed by atoms with E-state index in [0.29, 0.717) is 56.8 Å². The van der Waals surface area contributed by atoms with Crippen molar-refractivity contribution in [3.8, 4) is 0 Å². The van der Waals surface area contributed by atoms with Crippen LogP contribution in [0.4, 0.5) is 4.39 Å². The SMILES string of the molecule is Cl.NCCc1nc(C(=O)N2CCCN(C(=O)Cc3cccc(F)c3)CC2)cs1. The van der Waals surface area contributed by atoms with E-state index in [2.05, 4.69) is 4.98 Å². The summed E-state index contributed by atoms with van der Waals surface area (Å²) in [7, 11) is 0. The van der Waals surface area contributed by atoms with Crippen molar-refractivity contribution in [1.29, 1.82) is 0 Å². The number of nitrogens with two attached hydrogens (primary N) is 1. The number of benzene rings is 1. The summed E-state index contributed by atoms with van der Waals surface area (Å²) < 4.78 is 13.3. The Balaban J connectivity index is 0.00000280. The summed E-state index contributed by atoms with van der Waals surface area (Å²) in [5.41, 5.74) is 6.64. The molecule has 2 heterocycles. The molecule has 1 saturated heterocycles. The van der Waals surface area contributed by atoms with E-state index in [1.54, 1.807) is 27.3 Å². The van der Waals surface area contributed by atoms with E-state index in [9.17, 15) is 14.0 Å². The lowest BCUT2D eigenvalue weighted by molar-refractivity contribution is -0.130. The molecular weight excluding hydrogens is 403 g/mol. The Morgan fingerprint density at radius 1 is 1.18 bits per heavy atom. The fourth-order valence-electron chi connectivity index (χ4n) is 3.11. The van der Waals surface area contributed by atoms with E-state index in [1.165, 1.54) is 23.5 Å². The maximum Gasteiger partial charge on any atom is 0.273 e. The van der Waals surface area contributed by atoms with Crippen LogP contribution in [-0.4, -0.2) is 59.3 Å². The summed E-state index contributed by atoms with van der Waals surface area (Å²) in [5.74, 6) is -0.493. The van der Waals surface area contributed by atoms with Gasteiger partial charge in [0.05, 0.1) is 11.4 Å². The molecule has 2 aromatic rings. The van der Waals surface area contributed by atoms with Gasteiger partial charge in [-0.05, 0) is 30.7 Å². The molecule has 3 rings (SSSR count). The molecule has 0 saturated carbocycles. The first-order chi connectivity index (χ1) is 13.1. The molecular formula is C19H24ClFN4O2S. The number of nitrogens with zero attached hydrogens (tertiary/aromatic N) is 3. The Bertz CT molecular complexity index is 817. The van der Waals surface area contributed by atoms with Crippen molar-refractivity contribution in [1.82, 2.24) is 14.8 Å². The van der Waals surface area contributed by atoms with Crippen molar-refractivity contribution in [2.45, 2.75) is 19.3 Å². The lowest BCUT2D eigenvalue weighted by Gasteiger charge is -2.22. The monoisotopic (exact) mass is 426 g/mol. The average Bonchev–Trinajstić information content (AvgIpc) is 2.97. The Morgan fingerprint density at radius 2 is 1.93 bits per heavy atom. The fourth-order valence-corrected chi connectivity index (χ4v) is 3.90. The predicted octanol–water partition coefficient (Wildman–Crippen LogP) is 2.12. The van der Waals surface area contributed by atoms with Gasteiger partial charge in [0.2, 0.25) is 5.91 Å². The molecule has 0 spiro atoms. The van der Waals surface area contributed by atoms with Gasteiger partial charge in [0.1, 0.15) is 11.5 Å². The van der Waals surface area contributed by atoms with E-state index in [0.717, 1.165) is 5.01 Å². The Labute approximate surface area is 173 Å². The molecule has 0 atom stereocenters. The zero-order valence-electron chi connectivity index (χ0n) is 15.5. The minimum atomic E-state index is -0.342. The number of halogens is 2. The van der Waals surface area contributed by atoms with E-state index in [1.807, 2.05) is 0 Å².